The van der Waals surface area contributed by atoms with Crippen molar-refractivity contribution in [3.63, 3.8) is 0 Å². The van der Waals surface area contributed by atoms with E-state index in [0.717, 1.165) is 17.7 Å². The van der Waals surface area contributed by atoms with Gasteiger partial charge in [0.2, 0.25) is 0 Å². The second-order valence-electron chi connectivity index (χ2n) is 5.92. The molecule has 0 fully saturated rings. The highest BCUT2D eigenvalue weighted by Gasteiger charge is 2.30. The topological polar surface area (TPSA) is 32.6 Å². The standard InChI is InChI=1S/C21H16F3NO/c1-14-10-17(21(22,23)24)12-18(11-14)25-13-16-8-5-9-19(20(16)26)15-6-3-2-4-7-15/h2-13,26H,1H3. The van der Waals surface area contributed by atoms with Crippen LogP contribution in [0.15, 0.2) is 71.7 Å². The van der Waals surface area contributed by atoms with Gasteiger partial charge < -0.3 is 5.11 Å². The average molecular weight is 355 g/mol. The van der Waals surface area contributed by atoms with Gasteiger partial charge in [0.25, 0.3) is 0 Å². The van der Waals surface area contributed by atoms with Gasteiger partial charge in [0, 0.05) is 17.3 Å². The number of benzene rings is 3. The van der Waals surface area contributed by atoms with Crippen LogP contribution in [0.3, 0.4) is 0 Å². The van der Waals surface area contributed by atoms with Gasteiger partial charge in [-0.1, -0.05) is 42.5 Å². The Bertz CT molecular complexity index is 947. The Morgan fingerprint density at radius 3 is 2.35 bits per heavy atom. The summed E-state index contributed by atoms with van der Waals surface area (Å²) >= 11 is 0. The molecular weight excluding hydrogens is 339 g/mol. The number of halogens is 3. The maximum Gasteiger partial charge on any atom is 0.416 e. The zero-order chi connectivity index (χ0) is 18.7. The molecule has 26 heavy (non-hydrogen) atoms. The number of phenolic OH excluding ortho intramolecular Hbond substituents is 1. The fourth-order valence-electron chi connectivity index (χ4n) is 2.66. The highest BCUT2D eigenvalue weighted by atomic mass is 19.4. The molecule has 0 aromatic heterocycles. The van der Waals surface area contributed by atoms with Crippen LogP contribution in [0.4, 0.5) is 18.9 Å². The van der Waals surface area contributed by atoms with Gasteiger partial charge in [-0.3, -0.25) is 4.99 Å². The van der Waals surface area contributed by atoms with Crippen molar-refractivity contribution in [2.24, 2.45) is 4.99 Å². The quantitative estimate of drug-likeness (QED) is 0.563. The lowest BCUT2D eigenvalue weighted by molar-refractivity contribution is -0.137. The van der Waals surface area contributed by atoms with E-state index in [0.29, 0.717) is 16.7 Å². The monoisotopic (exact) mass is 355 g/mol. The molecule has 1 N–H and O–H groups in total. The fourth-order valence-corrected chi connectivity index (χ4v) is 2.66. The second kappa shape index (κ2) is 7.04. The van der Waals surface area contributed by atoms with Crippen molar-refractivity contribution in [3.05, 3.63) is 83.4 Å². The van der Waals surface area contributed by atoms with Crippen molar-refractivity contribution in [2.45, 2.75) is 13.1 Å². The third kappa shape index (κ3) is 3.94. The van der Waals surface area contributed by atoms with Crippen LogP contribution < -0.4 is 0 Å². The van der Waals surface area contributed by atoms with E-state index < -0.39 is 11.7 Å². The zero-order valence-electron chi connectivity index (χ0n) is 14.0. The van der Waals surface area contributed by atoms with Crippen molar-refractivity contribution >= 4 is 11.9 Å². The lowest BCUT2D eigenvalue weighted by Gasteiger charge is -2.09. The third-order valence-electron chi connectivity index (χ3n) is 3.89. The first-order valence-corrected chi connectivity index (χ1v) is 7.95. The molecule has 3 rings (SSSR count). The van der Waals surface area contributed by atoms with Crippen LogP contribution in [0.5, 0.6) is 5.75 Å². The highest BCUT2D eigenvalue weighted by molar-refractivity contribution is 5.89. The predicted molar refractivity (Wildman–Crippen MR) is 97.0 cm³/mol. The maximum absolute atomic E-state index is 12.9. The van der Waals surface area contributed by atoms with E-state index in [1.54, 1.807) is 31.2 Å². The summed E-state index contributed by atoms with van der Waals surface area (Å²) in [4.78, 5) is 4.12. The molecule has 0 heterocycles. The SMILES string of the molecule is Cc1cc(N=Cc2cccc(-c3ccccc3)c2O)cc(C(F)(F)F)c1. The van der Waals surface area contributed by atoms with Crippen LogP contribution >= 0.6 is 0 Å². The third-order valence-corrected chi connectivity index (χ3v) is 3.89. The Hall–Kier alpha value is -3.08. The molecule has 0 bridgehead atoms. The number of aryl methyl sites for hydroxylation is 1. The molecule has 0 radical (unpaired) electrons. The number of hydrogen-bond donors (Lipinski definition) is 1. The molecule has 0 aliphatic carbocycles. The molecule has 0 saturated heterocycles. The summed E-state index contributed by atoms with van der Waals surface area (Å²) in [6.07, 6.45) is -3.05. The number of hydrogen-bond acceptors (Lipinski definition) is 2. The van der Waals surface area contributed by atoms with E-state index in [9.17, 15) is 18.3 Å². The van der Waals surface area contributed by atoms with Crippen LogP contribution in [0, 0.1) is 6.92 Å². The van der Waals surface area contributed by atoms with E-state index in [1.807, 2.05) is 30.3 Å². The number of nitrogens with zero attached hydrogens (tertiary/aromatic N) is 1. The van der Waals surface area contributed by atoms with Crippen molar-refractivity contribution in [1.82, 2.24) is 0 Å². The molecule has 0 aliphatic rings. The van der Waals surface area contributed by atoms with Crippen molar-refractivity contribution < 1.29 is 18.3 Å². The normalized spacial score (nSPS) is 11.8. The Labute approximate surface area is 149 Å². The van der Waals surface area contributed by atoms with Crippen molar-refractivity contribution in [2.75, 3.05) is 0 Å². The number of phenols is 1. The molecule has 0 spiro atoms. The molecule has 0 aliphatic heterocycles. The molecule has 2 nitrogen and oxygen atoms in total. The molecule has 0 unspecified atom stereocenters. The van der Waals surface area contributed by atoms with Crippen molar-refractivity contribution in [3.8, 4) is 16.9 Å². The summed E-state index contributed by atoms with van der Waals surface area (Å²) in [5.74, 6) is 0.0335. The zero-order valence-corrected chi connectivity index (χ0v) is 14.0. The Kier molecular flexibility index (Phi) is 4.80. The minimum absolute atomic E-state index is 0.0335. The first-order chi connectivity index (χ1) is 12.3. The smallest absolute Gasteiger partial charge is 0.416 e. The first-order valence-electron chi connectivity index (χ1n) is 7.95. The van der Waals surface area contributed by atoms with Crippen LogP contribution in [-0.2, 0) is 6.18 Å². The molecule has 3 aromatic rings. The van der Waals surface area contributed by atoms with E-state index >= 15 is 0 Å². The minimum Gasteiger partial charge on any atom is -0.507 e. The van der Waals surface area contributed by atoms with Crippen LogP contribution in [0.2, 0.25) is 0 Å². The summed E-state index contributed by atoms with van der Waals surface area (Å²) in [5, 5.41) is 10.5. The number of aromatic hydroxyl groups is 1. The van der Waals surface area contributed by atoms with E-state index in [4.69, 9.17) is 0 Å². The number of alkyl halides is 3. The summed E-state index contributed by atoms with van der Waals surface area (Å²) in [5.41, 5.74) is 1.81. The van der Waals surface area contributed by atoms with Gasteiger partial charge in [0.05, 0.1) is 11.3 Å². The minimum atomic E-state index is -4.42. The molecule has 5 heteroatoms. The molecule has 132 valence electrons. The lowest BCUT2D eigenvalue weighted by Crippen LogP contribution is -2.04. The average Bonchev–Trinajstić information content (AvgIpc) is 2.60. The Balaban J connectivity index is 1.96. The van der Waals surface area contributed by atoms with Gasteiger partial charge in [-0.2, -0.15) is 13.2 Å². The van der Waals surface area contributed by atoms with Gasteiger partial charge in [-0.15, -0.1) is 0 Å². The van der Waals surface area contributed by atoms with E-state index in [1.165, 1.54) is 6.21 Å². The number of rotatable bonds is 3. The fraction of sp³-hybridized carbons (Fsp3) is 0.0952. The molecule has 3 aromatic carbocycles. The van der Waals surface area contributed by atoms with Gasteiger partial charge in [-0.05, 0) is 42.3 Å². The van der Waals surface area contributed by atoms with E-state index in [-0.39, 0.29) is 11.4 Å². The predicted octanol–water partition coefficient (Wildman–Crippen LogP) is 6.14. The van der Waals surface area contributed by atoms with Gasteiger partial charge in [-0.25, -0.2) is 0 Å². The van der Waals surface area contributed by atoms with Crippen molar-refractivity contribution in [1.29, 1.82) is 0 Å². The lowest BCUT2D eigenvalue weighted by atomic mass is 10.0. The van der Waals surface area contributed by atoms with E-state index in [2.05, 4.69) is 4.99 Å². The second-order valence-corrected chi connectivity index (χ2v) is 5.92. The molecular formula is C21H16F3NO. The van der Waals surface area contributed by atoms with Crippen LogP contribution in [0.1, 0.15) is 16.7 Å². The van der Waals surface area contributed by atoms with Crippen LogP contribution in [0.25, 0.3) is 11.1 Å². The molecule has 0 amide bonds. The largest absolute Gasteiger partial charge is 0.507 e. The van der Waals surface area contributed by atoms with Gasteiger partial charge >= 0.3 is 6.18 Å². The summed E-state index contributed by atoms with van der Waals surface area (Å²) < 4.78 is 38.8. The molecule has 0 atom stereocenters. The Morgan fingerprint density at radius 2 is 1.65 bits per heavy atom. The number of para-hydroxylation sites is 1. The summed E-state index contributed by atoms with van der Waals surface area (Å²) in [6.45, 7) is 1.59. The van der Waals surface area contributed by atoms with Gasteiger partial charge in [0.15, 0.2) is 0 Å². The first kappa shape index (κ1) is 17.7. The Morgan fingerprint density at radius 1 is 0.923 bits per heavy atom. The van der Waals surface area contributed by atoms with Gasteiger partial charge in [0.1, 0.15) is 5.75 Å². The maximum atomic E-state index is 12.9. The molecule has 0 saturated carbocycles. The summed E-state index contributed by atoms with van der Waals surface area (Å²) in [6, 6.07) is 18.2. The summed E-state index contributed by atoms with van der Waals surface area (Å²) in [7, 11) is 0. The van der Waals surface area contributed by atoms with Crippen LogP contribution in [-0.4, -0.2) is 11.3 Å². The highest BCUT2D eigenvalue weighted by Crippen LogP contribution is 2.34. The number of aliphatic imine (C=N–C) groups is 1.